The molecule has 4 nitrogen and oxygen atoms in total. The van der Waals surface area contributed by atoms with Crippen LogP contribution in [0.4, 0.5) is 5.69 Å². The van der Waals surface area contributed by atoms with E-state index in [4.69, 9.17) is 4.42 Å². The Labute approximate surface area is 145 Å². The first-order valence-corrected chi connectivity index (χ1v) is 8.94. The summed E-state index contributed by atoms with van der Waals surface area (Å²) in [6.07, 6.45) is 4.55. The average molecular weight is 333 g/mol. The third kappa shape index (κ3) is 2.13. The molecule has 3 aromatic rings. The first-order chi connectivity index (χ1) is 12.1. The molecule has 0 N–H and O–H groups in total. The number of aryl methyl sites for hydroxylation is 2. The molecule has 0 spiro atoms. The number of nitrogens with zero attached hydrogens (tertiary/aromatic N) is 1. The molecular weight excluding hydrogens is 314 g/mol. The Bertz CT molecular complexity index is 1110. The van der Waals surface area contributed by atoms with Gasteiger partial charge in [0.15, 0.2) is 5.78 Å². The van der Waals surface area contributed by atoms with Crippen LogP contribution in [0.2, 0.25) is 0 Å². The smallest absolute Gasteiger partial charge is 0.347 e. The number of carbonyl (C=O) groups excluding carboxylic acids is 1. The fourth-order valence-corrected chi connectivity index (χ4v) is 4.47. The van der Waals surface area contributed by atoms with Crippen LogP contribution in [0.25, 0.3) is 21.7 Å². The highest BCUT2D eigenvalue weighted by molar-refractivity contribution is 6.03. The lowest BCUT2D eigenvalue weighted by Gasteiger charge is -2.37. The zero-order valence-corrected chi connectivity index (χ0v) is 14.2. The highest BCUT2D eigenvalue weighted by atomic mass is 16.4. The molecule has 5 rings (SSSR count). The second-order valence-electron chi connectivity index (χ2n) is 7.17. The molecule has 2 aliphatic rings. The molecular formula is C21H19NO3. The van der Waals surface area contributed by atoms with Crippen molar-refractivity contribution in [2.75, 3.05) is 18.0 Å². The van der Waals surface area contributed by atoms with E-state index in [1.165, 1.54) is 40.9 Å². The van der Waals surface area contributed by atoms with Crippen molar-refractivity contribution in [3.8, 4) is 0 Å². The zero-order chi connectivity index (χ0) is 17.1. The van der Waals surface area contributed by atoms with E-state index in [1.807, 2.05) is 6.07 Å². The monoisotopic (exact) mass is 333 g/mol. The average Bonchev–Trinajstić information content (AvgIpc) is 2.60. The summed E-state index contributed by atoms with van der Waals surface area (Å²) in [5, 5.41) is 3.16. The van der Waals surface area contributed by atoms with Crippen molar-refractivity contribution in [1.29, 1.82) is 0 Å². The fraction of sp³-hybridized carbons (Fsp3) is 0.333. The molecule has 0 atom stereocenters. The fourth-order valence-electron chi connectivity index (χ4n) is 4.47. The van der Waals surface area contributed by atoms with Crippen molar-refractivity contribution in [3.05, 3.63) is 51.4 Å². The Balaban J connectivity index is 1.86. The highest BCUT2D eigenvalue weighted by Gasteiger charge is 2.25. The Morgan fingerprint density at radius 1 is 1.04 bits per heavy atom. The number of hydrogen-bond acceptors (Lipinski definition) is 4. The maximum absolute atomic E-state index is 12.1. The van der Waals surface area contributed by atoms with E-state index in [2.05, 4.69) is 17.0 Å². The molecule has 25 heavy (non-hydrogen) atoms. The van der Waals surface area contributed by atoms with Crippen LogP contribution in [0.3, 0.4) is 0 Å². The van der Waals surface area contributed by atoms with E-state index < -0.39 is 5.63 Å². The van der Waals surface area contributed by atoms with Crippen LogP contribution in [-0.4, -0.2) is 18.9 Å². The van der Waals surface area contributed by atoms with E-state index in [9.17, 15) is 9.59 Å². The number of anilines is 1. The Hall–Kier alpha value is -2.62. The van der Waals surface area contributed by atoms with E-state index >= 15 is 0 Å². The number of hydrogen-bond donors (Lipinski definition) is 0. The lowest BCUT2D eigenvalue weighted by Crippen LogP contribution is -2.34. The number of Topliss-reactive ketones (excluding diaryl/α,β-unsaturated/α-hetero) is 1. The minimum absolute atomic E-state index is 0.123. The first-order valence-electron chi connectivity index (χ1n) is 8.94. The number of rotatable bonds is 1. The molecule has 0 saturated heterocycles. The molecule has 3 heterocycles. The first kappa shape index (κ1) is 14.7. The Morgan fingerprint density at radius 3 is 2.64 bits per heavy atom. The third-order valence-corrected chi connectivity index (χ3v) is 5.57. The summed E-state index contributed by atoms with van der Waals surface area (Å²) >= 11 is 0. The zero-order valence-electron chi connectivity index (χ0n) is 14.2. The summed E-state index contributed by atoms with van der Waals surface area (Å²) in [7, 11) is 0. The molecule has 4 heteroatoms. The summed E-state index contributed by atoms with van der Waals surface area (Å²) in [4.78, 5) is 26.2. The maximum Gasteiger partial charge on any atom is 0.347 e. The van der Waals surface area contributed by atoms with Gasteiger partial charge in [0.25, 0.3) is 0 Å². The van der Waals surface area contributed by atoms with E-state index in [-0.39, 0.29) is 11.3 Å². The second-order valence-corrected chi connectivity index (χ2v) is 7.17. The quantitative estimate of drug-likeness (QED) is 0.386. The molecule has 0 saturated carbocycles. The summed E-state index contributed by atoms with van der Waals surface area (Å²) < 4.78 is 5.46. The van der Waals surface area contributed by atoms with Crippen LogP contribution in [0.15, 0.2) is 33.5 Å². The van der Waals surface area contributed by atoms with Gasteiger partial charge >= 0.3 is 5.63 Å². The number of carbonyl (C=O) groups is 1. The van der Waals surface area contributed by atoms with E-state index in [1.54, 1.807) is 6.07 Å². The van der Waals surface area contributed by atoms with Crippen molar-refractivity contribution in [3.63, 3.8) is 0 Å². The van der Waals surface area contributed by atoms with Crippen LogP contribution in [0.5, 0.6) is 0 Å². The van der Waals surface area contributed by atoms with Crippen LogP contribution >= 0.6 is 0 Å². The van der Waals surface area contributed by atoms with Crippen molar-refractivity contribution in [2.24, 2.45) is 0 Å². The van der Waals surface area contributed by atoms with Gasteiger partial charge in [-0.25, -0.2) is 4.79 Å². The number of fused-ring (bicyclic) bond motifs is 3. The molecule has 0 unspecified atom stereocenters. The summed E-state index contributed by atoms with van der Waals surface area (Å²) in [6.45, 7) is 3.67. The van der Waals surface area contributed by atoms with Gasteiger partial charge in [-0.15, -0.1) is 0 Å². The number of ketones is 1. The molecule has 0 amide bonds. The minimum atomic E-state index is -0.549. The van der Waals surface area contributed by atoms with Crippen LogP contribution < -0.4 is 10.5 Å². The van der Waals surface area contributed by atoms with Crippen LogP contribution in [0.1, 0.15) is 41.3 Å². The summed E-state index contributed by atoms with van der Waals surface area (Å²) in [5.74, 6) is -0.257. The predicted octanol–water partition coefficient (Wildman–Crippen LogP) is 3.85. The molecule has 0 radical (unpaired) electrons. The van der Waals surface area contributed by atoms with Gasteiger partial charge in [0.2, 0.25) is 0 Å². The molecule has 2 aliphatic heterocycles. The van der Waals surface area contributed by atoms with Gasteiger partial charge in [0, 0.05) is 24.2 Å². The molecule has 126 valence electrons. The van der Waals surface area contributed by atoms with Gasteiger partial charge in [-0.1, -0.05) is 0 Å². The molecule has 0 fully saturated rings. The Morgan fingerprint density at radius 2 is 1.84 bits per heavy atom. The normalized spacial score (nSPS) is 16.3. The second kappa shape index (κ2) is 5.19. The van der Waals surface area contributed by atoms with Gasteiger partial charge in [-0.05, 0) is 78.8 Å². The topological polar surface area (TPSA) is 50.5 Å². The maximum atomic E-state index is 12.1. The van der Waals surface area contributed by atoms with Gasteiger partial charge in [-0.3, -0.25) is 4.79 Å². The van der Waals surface area contributed by atoms with E-state index in [0.29, 0.717) is 5.58 Å². The SMILES string of the molecule is CC(=O)c1cc2cc3cc4c5c(c3cc2oc1=O)CCCN5CCC4. The van der Waals surface area contributed by atoms with Crippen molar-refractivity contribution in [1.82, 2.24) is 0 Å². The van der Waals surface area contributed by atoms with Crippen molar-refractivity contribution in [2.45, 2.75) is 32.6 Å². The minimum Gasteiger partial charge on any atom is -0.422 e. The predicted molar refractivity (Wildman–Crippen MR) is 98.8 cm³/mol. The van der Waals surface area contributed by atoms with Crippen molar-refractivity contribution < 1.29 is 9.21 Å². The third-order valence-electron chi connectivity index (χ3n) is 5.57. The van der Waals surface area contributed by atoms with Gasteiger partial charge in [0.1, 0.15) is 11.1 Å². The molecule has 2 aromatic carbocycles. The van der Waals surface area contributed by atoms with Gasteiger partial charge < -0.3 is 9.32 Å². The highest BCUT2D eigenvalue weighted by Crippen LogP contribution is 2.40. The van der Waals surface area contributed by atoms with Gasteiger partial charge in [-0.2, -0.15) is 0 Å². The number of benzene rings is 2. The summed E-state index contributed by atoms with van der Waals surface area (Å²) in [6, 6.07) is 8.00. The largest absolute Gasteiger partial charge is 0.422 e. The van der Waals surface area contributed by atoms with Crippen LogP contribution in [0, 0.1) is 0 Å². The van der Waals surface area contributed by atoms with Crippen LogP contribution in [-0.2, 0) is 12.8 Å². The standard InChI is InChI=1S/C21H19NO3/c1-12(23)17-10-15-9-14-8-13-4-2-6-22-7-3-5-16(20(13)22)18(14)11-19(15)25-21(17)24/h8-11H,2-7H2,1H3. The van der Waals surface area contributed by atoms with Crippen molar-refractivity contribution >= 4 is 33.2 Å². The summed E-state index contributed by atoms with van der Waals surface area (Å²) in [5.41, 5.74) is 4.36. The lowest BCUT2D eigenvalue weighted by molar-refractivity contribution is 0.101. The lowest BCUT2D eigenvalue weighted by atomic mass is 9.87. The van der Waals surface area contributed by atoms with Gasteiger partial charge in [0.05, 0.1) is 0 Å². The molecule has 1 aromatic heterocycles. The molecule has 0 aliphatic carbocycles. The molecule has 0 bridgehead atoms. The Kier molecular flexibility index (Phi) is 3.05. The van der Waals surface area contributed by atoms with E-state index in [0.717, 1.165) is 37.7 Å².